The third-order valence-electron chi connectivity index (χ3n) is 7.54. The second kappa shape index (κ2) is 13.5. The van der Waals surface area contributed by atoms with Crippen LogP contribution in [0, 0.1) is 17.8 Å². The number of fused-ring (bicyclic) bond motifs is 1. The van der Waals surface area contributed by atoms with Crippen LogP contribution >= 0.6 is 0 Å². The molecule has 4 rings (SSSR count). The van der Waals surface area contributed by atoms with E-state index in [9.17, 15) is 32.3 Å². The van der Waals surface area contributed by atoms with Crippen LogP contribution in [0.4, 0.5) is 13.2 Å². The number of carbonyl (C=O) groups excluding carboxylic acids is 4. The van der Waals surface area contributed by atoms with Crippen molar-refractivity contribution < 1.29 is 51.3 Å². The fourth-order valence-electron chi connectivity index (χ4n) is 5.39. The fraction of sp³-hybridized carbons (Fsp3) is 0.655. The van der Waals surface area contributed by atoms with Gasteiger partial charge in [-0.3, -0.25) is 4.79 Å². The Bertz CT molecular complexity index is 1020. The number of hydrogen-bond donors (Lipinski definition) is 0. The maximum atomic E-state index is 11.5. The van der Waals surface area contributed by atoms with Crippen molar-refractivity contribution in [2.45, 2.75) is 96.6 Å². The summed E-state index contributed by atoms with van der Waals surface area (Å²) in [5.74, 6) is -1.10. The van der Waals surface area contributed by atoms with E-state index in [1.807, 2.05) is 0 Å². The van der Waals surface area contributed by atoms with Crippen LogP contribution in [-0.4, -0.2) is 54.5 Å². The molecule has 8 nitrogen and oxygen atoms in total. The summed E-state index contributed by atoms with van der Waals surface area (Å²) in [7, 11) is 0. The third kappa shape index (κ3) is 8.69. The van der Waals surface area contributed by atoms with E-state index in [-0.39, 0.29) is 53.1 Å². The molecule has 0 aromatic heterocycles. The van der Waals surface area contributed by atoms with Gasteiger partial charge in [-0.05, 0) is 65.7 Å². The van der Waals surface area contributed by atoms with Gasteiger partial charge in [-0.15, -0.1) is 0 Å². The highest BCUT2D eigenvalue weighted by atomic mass is 19.4. The molecule has 3 saturated carbocycles. The quantitative estimate of drug-likeness (QED) is 0.222. The number of rotatable bonds is 7. The minimum Gasteiger partial charge on any atom is -0.458 e. The lowest BCUT2D eigenvalue weighted by atomic mass is 9.88. The molecule has 1 heterocycles. The van der Waals surface area contributed by atoms with Crippen LogP contribution in [0.25, 0.3) is 0 Å². The van der Waals surface area contributed by atoms with E-state index in [0.717, 1.165) is 32.1 Å². The van der Waals surface area contributed by atoms with E-state index in [1.54, 1.807) is 13.8 Å². The van der Waals surface area contributed by atoms with Gasteiger partial charge < -0.3 is 18.9 Å². The molecular formula is C29H39F3O8. The molecule has 4 fully saturated rings. The molecule has 224 valence electrons. The van der Waals surface area contributed by atoms with Gasteiger partial charge in [0.05, 0.1) is 5.92 Å². The predicted molar refractivity (Wildman–Crippen MR) is 139 cm³/mol. The molecule has 40 heavy (non-hydrogen) atoms. The summed E-state index contributed by atoms with van der Waals surface area (Å²) in [5.41, 5.74) is 0.674. The highest BCUT2D eigenvalue weighted by Gasteiger charge is 2.63. The molecule has 0 spiro atoms. The van der Waals surface area contributed by atoms with Crippen molar-refractivity contribution in [3.8, 4) is 0 Å². The molecule has 0 aromatic rings. The Morgan fingerprint density at radius 2 is 1.50 bits per heavy atom. The Kier molecular flexibility index (Phi) is 11.2. The molecule has 0 N–H and O–H groups in total. The molecule has 1 aliphatic heterocycles. The lowest BCUT2D eigenvalue weighted by molar-refractivity contribution is -0.183. The Morgan fingerprint density at radius 1 is 0.950 bits per heavy atom. The van der Waals surface area contributed by atoms with E-state index < -0.39 is 18.8 Å². The summed E-state index contributed by atoms with van der Waals surface area (Å²) in [5, 5.41) is 0. The van der Waals surface area contributed by atoms with E-state index in [2.05, 4.69) is 31.4 Å². The molecule has 0 amide bonds. The zero-order chi connectivity index (χ0) is 30.4. The van der Waals surface area contributed by atoms with Crippen LogP contribution < -0.4 is 0 Å². The summed E-state index contributed by atoms with van der Waals surface area (Å²) >= 11 is 0. The minimum absolute atomic E-state index is 0.0470. The van der Waals surface area contributed by atoms with Crippen LogP contribution in [0.2, 0.25) is 0 Å². The molecule has 5 unspecified atom stereocenters. The van der Waals surface area contributed by atoms with Crippen LogP contribution in [-0.2, 0) is 38.1 Å². The van der Waals surface area contributed by atoms with Crippen molar-refractivity contribution in [3.63, 3.8) is 0 Å². The summed E-state index contributed by atoms with van der Waals surface area (Å²) in [6.45, 7) is 15.4. The van der Waals surface area contributed by atoms with Gasteiger partial charge in [0.1, 0.15) is 17.8 Å². The highest BCUT2D eigenvalue weighted by molar-refractivity contribution is 5.88. The first kappa shape index (κ1) is 33.1. The minimum atomic E-state index is -4.47. The largest absolute Gasteiger partial charge is 0.458 e. The van der Waals surface area contributed by atoms with Crippen molar-refractivity contribution >= 4 is 23.9 Å². The Balaban J connectivity index is 0.000000215. The number of ether oxygens (including phenoxy) is 4. The first-order valence-electron chi connectivity index (χ1n) is 13.4. The second-order valence-electron chi connectivity index (χ2n) is 10.9. The van der Waals surface area contributed by atoms with Crippen molar-refractivity contribution in [3.05, 3.63) is 36.5 Å². The summed E-state index contributed by atoms with van der Waals surface area (Å²) in [4.78, 5) is 44.7. The lowest BCUT2D eigenvalue weighted by Crippen LogP contribution is -2.36. The molecule has 1 saturated heterocycles. The third-order valence-corrected chi connectivity index (χ3v) is 7.54. The molecular weight excluding hydrogens is 533 g/mol. The smallest absolute Gasteiger partial charge is 0.422 e. The van der Waals surface area contributed by atoms with Crippen LogP contribution in [0.15, 0.2) is 36.5 Å². The van der Waals surface area contributed by atoms with E-state index in [1.165, 1.54) is 19.8 Å². The van der Waals surface area contributed by atoms with Gasteiger partial charge in [0.25, 0.3) is 0 Å². The van der Waals surface area contributed by atoms with Gasteiger partial charge >= 0.3 is 30.1 Å². The van der Waals surface area contributed by atoms with Crippen LogP contribution in [0.1, 0.15) is 72.6 Å². The van der Waals surface area contributed by atoms with Crippen LogP contribution in [0.5, 0.6) is 0 Å². The Hall–Kier alpha value is -3.11. The second-order valence-corrected chi connectivity index (χ2v) is 10.9. The van der Waals surface area contributed by atoms with E-state index in [4.69, 9.17) is 14.2 Å². The van der Waals surface area contributed by atoms with Gasteiger partial charge in [0.15, 0.2) is 6.61 Å². The monoisotopic (exact) mass is 572 g/mol. The molecule has 11 heteroatoms. The lowest BCUT2D eigenvalue weighted by Gasteiger charge is -2.27. The molecule has 3 aliphatic carbocycles. The maximum absolute atomic E-state index is 11.5. The van der Waals surface area contributed by atoms with Gasteiger partial charge in [0, 0.05) is 28.6 Å². The topological polar surface area (TPSA) is 105 Å². The van der Waals surface area contributed by atoms with Crippen LogP contribution in [0.3, 0.4) is 0 Å². The molecule has 4 aliphatic rings. The number of alkyl halides is 3. The van der Waals surface area contributed by atoms with E-state index >= 15 is 0 Å². The number of halogens is 3. The fourth-order valence-corrected chi connectivity index (χ4v) is 5.39. The standard InChI is InChI=1S/C12H14O4.C11H18O2.C6H7F3O2/c1-5(2)11(13)15-9-6-3-7-8(4-6)12(14)16-10(7)9;1-4-11(7-5-6-8-11)13-10(12)9(2)3;1-4(2)5(10)11-3-6(7,8)9/h6-10H,1,3-4H2,2H3;2,4-8H2,1,3H3;1,3H2,2H3. The zero-order valence-electron chi connectivity index (χ0n) is 23.6. The summed E-state index contributed by atoms with van der Waals surface area (Å²) in [6, 6.07) is 0. The molecule has 0 radical (unpaired) electrons. The Morgan fingerprint density at radius 3 is 1.98 bits per heavy atom. The maximum Gasteiger partial charge on any atom is 0.422 e. The van der Waals surface area contributed by atoms with Gasteiger partial charge in [0.2, 0.25) is 0 Å². The van der Waals surface area contributed by atoms with Gasteiger partial charge in [-0.2, -0.15) is 13.2 Å². The first-order valence-corrected chi connectivity index (χ1v) is 13.4. The summed E-state index contributed by atoms with van der Waals surface area (Å²) < 4.78 is 54.0. The normalized spacial score (nSPS) is 26.8. The number of carbonyl (C=O) groups is 4. The van der Waals surface area contributed by atoms with Gasteiger partial charge in [-0.1, -0.05) is 26.7 Å². The summed E-state index contributed by atoms with van der Waals surface area (Å²) in [6.07, 6.45) is 2.18. The van der Waals surface area contributed by atoms with Crippen molar-refractivity contribution in [1.82, 2.24) is 0 Å². The van der Waals surface area contributed by atoms with E-state index in [0.29, 0.717) is 17.1 Å². The van der Waals surface area contributed by atoms with Crippen molar-refractivity contribution in [2.24, 2.45) is 17.8 Å². The number of esters is 4. The van der Waals surface area contributed by atoms with Crippen molar-refractivity contribution in [1.29, 1.82) is 0 Å². The Labute approximate surface area is 232 Å². The average molecular weight is 573 g/mol. The van der Waals surface area contributed by atoms with Gasteiger partial charge in [-0.25, -0.2) is 14.4 Å². The average Bonchev–Trinajstić information content (AvgIpc) is 3.62. The molecule has 5 atom stereocenters. The van der Waals surface area contributed by atoms with Crippen molar-refractivity contribution in [2.75, 3.05) is 6.61 Å². The molecule has 2 bridgehead atoms. The number of hydrogen-bond acceptors (Lipinski definition) is 8. The first-order chi connectivity index (χ1) is 18.5. The SMILES string of the molecule is C=C(C)C(=O)OC1(CC)CCCC1.C=C(C)C(=O)OC1C2CC3C(=O)OC1C3C2.C=C(C)C(=O)OCC(F)(F)F. The predicted octanol–water partition coefficient (Wildman–Crippen LogP) is 5.55. The zero-order valence-corrected chi connectivity index (χ0v) is 23.6. The molecule has 0 aromatic carbocycles. The highest BCUT2D eigenvalue weighted by Crippen LogP contribution is 2.55.